The molecule has 0 aliphatic carbocycles. The lowest BCUT2D eigenvalue weighted by molar-refractivity contribution is 0.264. The average molecular weight is 217 g/mol. The zero-order valence-corrected chi connectivity index (χ0v) is 8.66. The van der Waals surface area contributed by atoms with Gasteiger partial charge in [-0.3, -0.25) is 0 Å². The van der Waals surface area contributed by atoms with Gasteiger partial charge in [-0.25, -0.2) is 4.98 Å². The quantitative estimate of drug-likeness (QED) is 0.774. The Morgan fingerprint density at radius 2 is 2.43 bits per heavy atom. The van der Waals surface area contributed by atoms with E-state index in [-0.39, 0.29) is 12.6 Å². The molecule has 1 aromatic heterocycles. The molecule has 0 saturated heterocycles. The third-order valence-electron chi connectivity index (χ3n) is 1.85. The maximum Gasteiger partial charge on any atom is 0.217 e. The number of nitrogens with two attached hydrogens (primary N) is 1. The minimum absolute atomic E-state index is 0.0889. The molecule has 1 unspecified atom stereocenters. The molecule has 0 aromatic carbocycles. The number of nitrogens with zero attached hydrogens (tertiary/aromatic N) is 1. The third-order valence-corrected chi connectivity index (χ3v) is 2.21. The maximum absolute atomic E-state index is 8.82. The minimum Gasteiger partial charge on any atom is -0.481 e. The van der Waals surface area contributed by atoms with Crippen LogP contribution in [0.1, 0.15) is 5.56 Å². The van der Waals surface area contributed by atoms with E-state index in [1.807, 2.05) is 0 Å². The molecule has 0 fully saturated rings. The number of rotatable bonds is 4. The van der Waals surface area contributed by atoms with Crippen LogP contribution in [0.2, 0.25) is 5.02 Å². The first-order valence-electron chi connectivity index (χ1n) is 4.22. The number of aliphatic hydroxyl groups is 1. The van der Waals surface area contributed by atoms with Crippen molar-refractivity contribution < 1.29 is 9.84 Å². The molecule has 0 spiro atoms. The lowest BCUT2D eigenvalue weighted by Crippen LogP contribution is -2.27. The summed E-state index contributed by atoms with van der Waals surface area (Å²) in [4.78, 5) is 4.00. The Morgan fingerprint density at radius 3 is 3.00 bits per heavy atom. The van der Waals surface area contributed by atoms with Crippen LogP contribution in [0.4, 0.5) is 0 Å². The van der Waals surface area contributed by atoms with Crippen LogP contribution in [0.15, 0.2) is 12.3 Å². The molecule has 0 amide bonds. The second kappa shape index (κ2) is 5.14. The molecule has 0 saturated carbocycles. The topological polar surface area (TPSA) is 68.4 Å². The Bertz CT molecular complexity index is 307. The molecular formula is C9H13ClN2O2. The Hall–Kier alpha value is -0.840. The van der Waals surface area contributed by atoms with Gasteiger partial charge in [0, 0.05) is 17.8 Å². The van der Waals surface area contributed by atoms with Gasteiger partial charge in [0.2, 0.25) is 5.88 Å². The van der Waals surface area contributed by atoms with Crippen LogP contribution in [0, 0.1) is 0 Å². The summed E-state index contributed by atoms with van der Waals surface area (Å²) in [5.41, 5.74) is 6.34. The van der Waals surface area contributed by atoms with E-state index in [9.17, 15) is 0 Å². The molecule has 78 valence electrons. The second-order valence-corrected chi connectivity index (χ2v) is 3.33. The van der Waals surface area contributed by atoms with Crippen LogP contribution < -0.4 is 10.5 Å². The van der Waals surface area contributed by atoms with Crippen molar-refractivity contribution in [2.75, 3.05) is 13.7 Å². The summed E-state index contributed by atoms with van der Waals surface area (Å²) < 4.78 is 5.04. The van der Waals surface area contributed by atoms with Crippen LogP contribution in [-0.4, -0.2) is 29.8 Å². The van der Waals surface area contributed by atoms with Crippen molar-refractivity contribution in [3.63, 3.8) is 0 Å². The summed E-state index contributed by atoms with van der Waals surface area (Å²) in [6.07, 6.45) is 2.02. The van der Waals surface area contributed by atoms with Crippen molar-refractivity contribution in [3.05, 3.63) is 22.8 Å². The number of ether oxygens (including phenoxy) is 1. The lowest BCUT2D eigenvalue weighted by atomic mass is 10.1. The van der Waals surface area contributed by atoms with Crippen LogP contribution in [0.25, 0.3) is 0 Å². The minimum atomic E-state index is -0.342. The monoisotopic (exact) mass is 216 g/mol. The summed E-state index contributed by atoms with van der Waals surface area (Å²) in [6, 6.07) is 1.33. The summed E-state index contributed by atoms with van der Waals surface area (Å²) in [5, 5.41) is 9.38. The zero-order chi connectivity index (χ0) is 10.6. The van der Waals surface area contributed by atoms with E-state index < -0.39 is 0 Å². The first-order valence-corrected chi connectivity index (χ1v) is 4.60. The molecule has 1 rings (SSSR count). The van der Waals surface area contributed by atoms with Crippen LogP contribution >= 0.6 is 11.6 Å². The van der Waals surface area contributed by atoms with Gasteiger partial charge in [0.1, 0.15) is 0 Å². The molecule has 5 heteroatoms. The highest BCUT2D eigenvalue weighted by Gasteiger charge is 2.12. The van der Waals surface area contributed by atoms with E-state index in [0.29, 0.717) is 17.3 Å². The molecule has 0 aliphatic rings. The van der Waals surface area contributed by atoms with Gasteiger partial charge in [-0.15, -0.1) is 0 Å². The second-order valence-electron chi connectivity index (χ2n) is 2.93. The molecule has 4 nitrogen and oxygen atoms in total. The predicted octanol–water partition coefficient (Wildman–Crippen LogP) is 0.606. The van der Waals surface area contributed by atoms with Gasteiger partial charge in [0.25, 0.3) is 0 Å². The largest absolute Gasteiger partial charge is 0.481 e. The normalized spacial score (nSPS) is 12.6. The number of halogens is 1. The van der Waals surface area contributed by atoms with Crippen molar-refractivity contribution >= 4 is 11.6 Å². The summed E-state index contributed by atoms with van der Waals surface area (Å²) in [7, 11) is 1.52. The molecule has 0 bridgehead atoms. The molecule has 14 heavy (non-hydrogen) atoms. The highest BCUT2D eigenvalue weighted by molar-refractivity contribution is 6.31. The number of aliphatic hydroxyl groups excluding tert-OH is 1. The van der Waals surface area contributed by atoms with Gasteiger partial charge in [-0.2, -0.15) is 0 Å². The molecule has 0 aliphatic heterocycles. The van der Waals surface area contributed by atoms with Gasteiger partial charge in [-0.05, 0) is 12.5 Å². The van der Waals surface area contributed by atoms with Crippen LogP contribution in [0.5, 0.6) is 5.88 Å². The molecule has 1 aromatic rings. The van der Waals surface area contributed by atoms with E-state index in [0.717, 1.165) is 5.56 Å². The molecule has 0 radical (unpaired) electrons. The lowest BCUT2D eigenvalue weighted by Gasteiger charge is -2.12. The average Bonchev–Trinajstić information content (AvgIpc) is 2.20. The van der Waals surface area contributed by atoms with Gasteiger partial charge in [-0.1, -0.05) is 11.6 Å². The fraction of sp³-hybridized carbons (Fsp3) is 0.444. The Morgan fingerprint density at radius 1 is 1.71 bits per heavy atom. The van der Waals surface area contributed by atoms with Crippen molar-refractivity contribution in [2.45, 2.75) is 12.5 Å². The van der Waals surface area contributed by atoms with Crippen molar-refractivity contribution in [2.24, 2.45) is 5.73 Å². The van der Waals surface area contributed by atoms with Crippen molar-refractivity contribution in [1.29, 1.82) is 0 Å². The van der Waals surface area contributed by atoms with Crippen LogP contribution in [0.3, 0.4) is 0 Å². The maximum atomic E-state index is 8.82. The highest BCUT2D eigenvalue weighted by atomic mass is 35.5. The first kappa shape index (κ1) is 11.2. The summed E-state index contributed by atoms with van der Waals surface area (Å²) in [5.74, 6) is 0.460. The Balaban J connectivity index is 2.92. The summed E-state index contributed by atoms with van der Waals surface area (Å²) in [6.45, 7) is -0.0889. The van der Waals surface area contributed by atoms with E-state index in [1.54, 1.807) is 12.3 Å². The number of aromatic nitrogens is 1. The van der Waals surface area contributed by atoms with Gasteiger partial charge >= 0.3 is 0 Å². The van der Waals surface area contributed by atoms with E-state index in [2.05, 4.69) is 4.98 Å². The number of pyridine rings is 1. The highest BCUT2D eigenvalue weighted by Crippen LogP contribution is 2.24. The van der Waals surface area contributed by atoms with Gasteiger partial charge in [0.15, 0.2) is 0 Å². The Labute approximate surface area is 87.7 Å². The van der Waals surface area contributed by atoms with E-state index in [4.69, 9.17) is 27.2 Å². The standard InChI is InChI=1S/C9H13ClN2O2/c1-14-9-7(4-6(11)5-13)8(10)2-3-12-9/h2-3,6,13H,4-5,11H2,1H3. The first-order chi connectivity index (χ1) is 6.69. The van der Waals surface area contributed by atoms with Crippen LogP contribution in [-0.2, 0) is 6.42 Å². The smallest absolute Gasteiger partial charge is 0.217 e. The molecular weight excluding hydrogens is 204 g/mol. The summed E-state index contributed by atoms with van der Waals surface area (Å²) >= 11 is 5.95. The van der Waals surface area contributed by atoms with Gasteiger partial charge in [0.05, 0.1) is 18.7 Å². The molecule has 3 N–H and O–H groups in total. The molecule has 1 heterocycles. The number of hydrogen-bond acceptors (Lipinski definition) is 4. The predicted molar refractivity (Wildman–Crippen MR) is 54.6 cm³/mol. The van der Waals surface area contributed by atoms with Crippen molar-refractivity contribution in [3.8, 4) is 5.88 Å². The fourth-order valence-corrected chi connectivity index (χ4v) is 1.35. The van der Waals surface area contributed by atoms with E-state index >= 15 is 0 Å². The van der Waals surface area contributed by atoms with E-state index in [1.165, 1.54) is 7.11 Å². The SMILES string of the molecule is COc1nccc(Cl)c1CC(N)CO. The fourth-order valence-electron chi connectivity index (χ4n) is 1.14. The number of methoxy groups -OCH3 is 1. The zero-order valence-electron chi connectivity index (χ0n) is 7.90. The number of hydrogen-bond donors (Lipinski definition) is 2. The molecule has 1 atom stereocenters. The Kier molecular flexibility index (Phi) is 4.13. The van der Waals surface area contributed by atoms with Gasteiger partial charge < -0.3 is 15.6 Å². The van der Waals surface area contributed by atoms with Crippen molar-refractivity contribution in [1.82, 2.24) is 4.98 Å². The third kappa shape index (κ3) is 2.57.